The van der Waals surface area contributed by atoms with Gasteiger partial charge in [0.25, 0.3) is 0 Å². The van der Waals surface area contributed by atoms with Gasteiger partial charge in [-0.25, -0.2) is 19.9 Å². The molecular formula is C4H5N3O2. The van der Waals surface area contributed by atoms with Gasteiger partial charge < -0.3 is 5.11 Å². The summed E-state index contributed by atoms with van der Waals surface area (Å²) in [7, 11) is 0. The number of nitrogens with one attached hydrogen (secondary N) is 1. The van der Waals surface area contributed by atoms with Gasteiger partial charge in [0.05, 0.1) is 0 Å². The lowest BCUT2D eigenvalue weighted by Crippen LogP contribution is -2.18. The van der Waals surface area contributed by atoms with Gasteiger partial charge in [-0.05, 0) is 0 Å². The molecule has 9 heavy (non-hydrogen) atoms. The van der Waals surface area contributed by atoms with Crippen molar-refractivity contribution in [2.45, 2.75) is 0 Å². The number of carboxylic acid groups (broad SMARTS) is 1. The molecule has 1 aromatic rings. The first kappa shape index (κ1) is 5.61. The Hall–Kier alpha value is -1.52. The highest BCUT2D eigenvalue weighted by atomic mass is 16.4. The first-order valence-corrected chi connectivity index (χ1v) is 2.27. The average molecular weight is 127 g/mol. The highest BCUT2D eigenvalue weighted by Crippen LogP contribution is 1.78. The van der Waals surface area contributed by atoms with Crippen LogP contribution in [-0.4, -0.2) is 20.9 Å². The number of nitrogens with zero attached hydrogens (tertiary/aromatic N) is 2. The molecule has 5 nitrogen and oxygen atoms in total. The Bertz CT molecular complexity index is 194. The molecule has 1 rings (SSSR count). The van der Waals surface area contributed by atoms with Crippen LogP contribution in [0.5, 0.6) is 0 Å². The summed E-state index contributed by atoms with van der Waals surface area (Å²) in [6, 6.07) is 0. The van der Waals surface area contributed by atoms with Gasteiger partial charge in [-0.1, -0.05) is 0 Å². The Kier molecular flexibility index (Phi) is 1.35. The van der Waals surface area contributed by atoms with Crippen LogP contribution in [0.3, 0.4) is 0 Å². The molecule has 1 aromatic heterocycles. The van der Waals surface area contributed by atoms with Gasteiger partial charge in [-0.2, -0.15) is 0 Å². The lowest BCUT2D eigenvalue weighted by molar-refractivity contribution is 0.206. The number of hydrogen-bond acceptors (Lipinski definition) is 2. The van der Waals surface area contributed by atoms with Crippen LogP contribution < -0.4 is 5.43 Å². The third kappa shape index (κ3) is 1.45. The third-order valence-electron chi connectivity index (χ3n) is 0.729. The molecule has 0 unspecified atom stereocenters. The molecule has 0 aromatic carbocycles. The molecule has 0 saturated heterocycles. The van der Waals surface area contributed by atoms with Crippen LogP contribution in [0.15, 0.2) is 18.7 Å². The van der Waals surface area contributed by atoms with E-state index in [4.69, 9.17) is 5.11 Å². The van der Waals surface area contributed by atoms with Gasteiger partial charge in [0.2, 0.25) is 0 Å². The highest BCUT2D eigenvalue weighted by molar-refractivity contribution is 5.73. The number of hydrogen-bond donors (Lipinski definition) is 2. The van der Waals surface area contributed by atoms with Crippen LogP contribution in [0.2, 0.25) is 0 Å². The Morgan fingerprint density at radius 2 is 2.56 bits per heavy atom. The van der Waals surface area contributed by atoms with Gasteiger partial charge in [-0.3, -0.25) is 0 Å². The molecule has 0 bridgehead atoms. The van der Waals surface area contributed by atoms with Crippen molar-refractivity contribution in [3.8, 4) is 0 Å². The van der Waals surface area contributed by atoms with E-state index < -0.39 is 6.09 Å². The van der Waals surface area contributed by atoms with E-state index in [1.165, 1.54) is 23.4 Å². The van der Waals surface area contributed by atoms with E-state index >= 15 is 0 Å². The summed E-state index contributed by atoms with van der Waals surface area (Å²) in [5, 5.41) is 8.13. The van der Waals surface area contributed by atoms with Gasteiger partial charge in [0.1, 0.15) is 6.33 Å². The summed E-state index contributed by atoms with van der Waals surface area (Å²) in [5.74, 6) is 0. The molecule has 0 radical (unpaired) electrons. The first-order chi connectivity index (χ1) is 4.29. The Balaban J connectivity index is 2.58. The minimum absolute atomic E-state index is 1.10. The molecule has 0 aliphatic rings. The number of imidazole rings is 1. The van der Waals surface area contributed by atoms with Crippen LogP contribution in [0, 0.1) is 0 Å². The zero-order chi connectivity index (χ0) is 6.69. The van der Waals surface area contributed by atoms with Crippen LogP contribution in [0.4, 0.5) is 4.79 Å². The molecule has 0 aliphatic carbocycles. The molecule has 1 amide bonds. The van der Waals surface area contributed by atoms with Crippen molar-refractivity contribution in [1.82, 2.24) is 9.66 Å². The van der Waals surface area contributed by atoms with Crippen LogP contribution >= 0.6 is 0 Å². The largest absolute Gasteiger partial charge is 0.464 e. The molecule has 2 N–H and O–H groups in total. The standard InChI is InChI=1S/C4H5N3O2/c8-4(9)6-7-2-1-5-3-7/h1-3,6H,(H,8,9). The van der Waals surface area contributed by atoms with Crippen molar-refractivity contribution >= 4 is 6.09 Å². The number of amides is 1. The fourth-order valence-corrected chi connectivity index (χ4v) is 0.436. The summed E-state index contributed by atoms with van der Waals surface area (Å²) in [6.07, 6.45) is 3.23. The Morgan fingerprint density at radius 3 is 3.00 bits per heavy atom. The molecule has 0 aliphatic heterocycles. The van der Waals surface area contributed by atoms with Gasteiger partial charge >= 0.3 is 6.09 Å². The predicted molar refractivity (Wildman–Crippen MR) is 29.6 cm³/mol. The van der Waals surface area contributed by atoms with Crippen molar-refractivity contribution < 1.29 is 9.90 Å². The second-order valence-electron chi connectivity index (χ2n) is 1.39. The maximum absolute atomic E-state index is 9.91. The summed E-state index contributed by atoms with van der Waals surface area (Å²) in [5.41, 5.74) is 2.06. The molecule has 48 valence electrons. The highest BCUT2D eigenvalue weighted by Gasteiger charge is 1.91. The van der Waals surface area contributed by atoms with Gasteiger partial charge in [0.15, 0.2) is 0 Å². The minimum atomic E-state index is -1.10. The first-order valence-electron chi connectivity index (χ1n) is 2.27. The third-order valence-corrected chi connectivity index (χ3v) is 0.729. The molecular weight excluding hydrogens is 122 g/mol. The molecule has 1 heterocycles. The van der Waals surface area contributed by atoms with Gasteiger partial charge in [-0.15, -0.1) is 0 Å². The number of carbonyl (C=O) groups is 1. The lowest BCUT2D eigenvalue weighted by Gasteiger charge is -1.96. The molecule has 0 saturated carbocycles. The van der Waals surface area contributed by atoms with E-state index in [-0.39, 0.29) is 0 Å². The fraction of sp³-hybridized carbons (Fsp3) is 0. The summed E-state index contributed by atoms with van der Waals surface area (Å²) >= 11 is 0. The van der Waals surface area contributed by atoms with Crippen LogP contribution in [0.25, 0.3) is 0 Å². The average Bonchev–Trinajstić information content (AvgIpc) is 2.15. The maximum atomic E-state index is 9.91. The normalized spacial score (nSPS) is 8.89. The molecule has 0 fully saturated rings. The Labute approximate surface area is 50.9 Å². The number of rotatable bonds is 1. The minimum Gasteiger partial charge on any atom is -0.464 e. The van der Waals surface area contributed by atoms with E-state index in [1.54, 1.807) is 0 Å². The Morgan fingerprint density at radius 1 is 1.78 bits per heavy atom. The number of aromatic nitrogens is 2. The maximum Gasteiger partial charge on any atom is 0.424 e. The second-order valence-corrected chi connectivity index (χ2v) is 1.39. The van der Waals surface area contributed by atoms with Crippen molar-refractivity contribution in [3.63, 3.8) is 0 Å². The van der Waals surface area contributed by atoms with Crippen molar-refractivity contribution in [3.05, 3.63) is 18.7 Å². The lowest BCUT2D eigenvalue weighted by atomic mass is 10.9. The van der Waals surface area contributed by atoms with Gasteiger partial charge in [0, 0.05) is 12.4 Å². The van der Waals surface area contributed by atoms with Crippen molar-refractivity contribution in [1.29, 1.82) is 0 Å². The van der Waals surface area contributed by atoms with Crippen LogP contribution in [-0.2, 0) is 0 Å². The zero-order valence-corrected chi connectivity index (χ0v) is 4.48. The summed E-state index contributed by atoms with van der Waals surface area (Å²) < 4.78 is 1.24. The zero-order valence-electron chi connectivity index (χ0n) is 4.48. The summed E-state index contributed by atoms with van der Waals surface area (Å²) in [4.78, 5) is 13.5. The second kappa shape index (κ2) is 2.17. The summed E-state index contributed by atoms with van der Waals surface area (Å²) in [6.45, 7) is 0. The fourth-order valence-electron chi connectivity index (χ4n) is 0.436. The van der Waals surface area contributed by atoms with Crippen molar-refractivity contribution in [2.75, 3.05) is 5.43 Å². The molecule has 0 spiro atoms. The van der Waals surface area contributed by atoms with E-state index in [2.05, 4.69) is 10.4 Å². The smallest absolute Gasteiger partial charge is 0.424 e. The molecule has 5 heteroatoms. The van der Waals surface area contributed by atoms with Crippen molar-refractivity contribution in [2.24, 2.45) is 0 Å². The van der Waals surface area contributed by atoms with E-state index in [9.17, 15) is 4.79 Å². The van der Waals surface area contributed by atoms with E-state index in [0.29, 0.717) is 0 Å². The SMILES string of the molecule is O=C(O)Nn1ccnc1. The van der Waals surface area contributed by atoms with E-state index in [1.807, 2.05) is 0 Å². The van der Waals surface area contributed by atoms with Crippen LogP contribution in [0.1, 0.15) is 0 Å². The van der Waals surface area contributed by atoms with E-state index in [0.717, 1.165) is 0 Å². The molecule has 0 atom stereocenters. The topological polar surface area (TPSA) is 67.2 Å². The quantitative estimate of drug-likeness (QED) is 0.562. The monoisotopic (exact) mass is 127 g/mol. The predicted octanol–water partition coefficient (Wildman–Crippen LogP) is 0.105.